The number of hydrogen-bond acceptors (Lipinski definition) is 2. The van der Waals surface area contributed by atoms with Gasteiger partial charge in [-0.2, -0.15) is 0 Å². The molecule has 1 radical (unpaired) electrons. The van der Waals surface area contributed by atoms with Gasteiger partial charge < -0.3 is 5.02 Å². The molecule has 0 aliphatic rings. The Hall–Kier alpha value is -1.09. The molecule has 1 rings (SSSR count). The van der Waals surface area contributed by atoms with E-state index in [-0.39, 0.29) is 0 Å². The number of hydrogen-bond donors (Lipinski definition) is 1. The predicted octanol–water partition coefficient (Wildman–Crippen LogP) is -0.264. The van der Waals surface area contributed by atoms with E-state index < -0.39 is 0 Å². The summed E-state index contributed by atoms with van der Waals surface area (Å²) in [4.78, 5) is 10.1. The van der Waals surface area contributed by atoms with Crippen molar-refractivity contribution < 1.29 is 9.82 Å². The van der Waals surface area contributed by atoms with Gasteiger partial charge in [0.05, 0.1) is 0 Å². The van der Waals surface area contributed by atoms with Crippen molar-refractivity contribution in [3.8, 4) is 0 Å². The normalized spacial score (nSPS) is 8.90. The van der Waals surface area contributed by atoms with E-state index in [9.17, 15) is 4.79 Å². The van der Waals surface area contributed by atoms with E-state index in [2.05, 4.69) is 0 Å². The SMILES string of the molecule is O=Cc1ccc([B]O)cc1. The zero-order chi connectivity index (χ0) is 7.40. The van der Waals surface area contributed by atoms with E-state index in [1.165, 1.54) is 0 Å². The molecule has 49 valence electrons. The number of carbonyl (C=O) groups is 1. The second-order valence-corrected chi connectivity index (χ2v) is 1.91. The summed E-state index contributed by atoms with van der Waals surface area (Å²) in [5.41, 5.74) is 1.32. The van der Waals surface area contributed by atoms with Crippen molar-refractivity contribution in [1.29, 1.82) is 0 Å². The van der Waals surface area contributed by atoms with Gasteiger partial charge in [0.2, 0.25) is 0 Å². The van der Waals surface area contributed by atoms with Gasteiger partial charge in [-0.15, -0.1) is 0 Å². The van der Waals surface area contributed by atoms with Crippen LogP contribution in [0.1, 0.15) is 10.4 Å². The standard InChI is InChI=1S/C7H6BO2/c9-5-6-1-3-7(8-10)4-2-6/h1-5,10H. The summed E-state index contributed by atoms with van der Waals surface area (Å²) in [5, 5.41) is 8.49. The fourth-order valence-corrected chi connectivity index (χ4v) is 0.661. The van der Waals surface area contributed by atoms with Gasteiger partial charge in [0.15, 0.2) is 0 Å². The Labute approximate surface area is 59.8 Å². The van der Waals surface area contributed by atoms with Crippen LogP contribution in [0.15, 0.2) is 24.3 Å². The highest BCUT2D eigenvalue weighted by Crippen LogP contribution is 1.90. The number of aldehydes is 1. The first kappa shape index (κ1) is 7.03. The quantitative estimate of drug-likeness (QED) is 0.445. The average molecular weight is 133 g/mol. The average Bonchev–Trinajstić information content (AvgIpc) is 2.05. The Morgan fingerprint density at radius 3 is 2.30 bits per heavy atom. The van der Waals surface area contributed by atoms with E-state index in [0.717, 1.165) is 13.8 Å². The van der Waals surface area contributed by atoms with Crippen molar-refractivity contribution in [3.05, 3.63) is 29.8 Å². The molecule has 0 atom stereocenters. The van der Waals surface area contributed by atoms with Crippen molar-refractivity contribution in [1.82, 2.24) is 0 Å². The Balaban J connectivity index is 2.90. The zero-order valence-corrected chi connectivity index (χ0v) is 5.32. The first-order valence-corrected chi connectivity index (χ1v) is 2.89. The van der Waals surface area contributed by atoms with Gasteiger partial charge in [0, 0.05) is 5.56 Å². The van der Waals surface area contributed by atoms with Crippen LogP contribution in [0.4, 0.5) is 0 Å². The summed E-state index contributed by atoms with van der Waals surface area (Å²) in [5.74, 6) is 0. The fourth-order valence-electron chi connectivity index (χ4n) is 0.661. The highest BCUT2D eigenvalue weighted by Gasteiger charge is 1.91. The van der Waals surface area contributed by atoms with Crippen LogP contribution >= 0.6 is 0 Å². The first-order chi connectivity index (χ1) is 4.86. The zero-order valence-electron chi connectivity index (χ0n) is 5.32. The van der Waals surface area contributed by atoms with Gasteiger partial charge in [-0.3, -0.25) is 4.79 Å². The summed E-state index contributed by atoms with van der Waals surface area (Å²) >= 11 is 0. The summed E-state index contributed by atoms with van der Waals surface area (Å²) < 4.78 is 0. The molecule has 0 aliphatic heterocycles. The van der Waals surface area contributed by atoms with Crippen LogP contribution in [0.25, 0.3) is 0 Å². The van der Waals surface area contributed by atoms with Crippen molar-refractivity contribution in [3.63, 3.8) is 0 Å². The molecule has 10 heavy (non-hydrogen) atoms. The molecule has 0 amide bonds. The van der Waals surface area contributed by atoms with Crippen molar-refractivity contribution in [2.75, 3.05) is 0 Å². The first-order valence-electron chi connectivity index (χ1n) is 2.89. The van der Waals surface area contributed by atoms with Crippen molar-refractivity contribution >= 4 is 19.2 Å². The van der Waals surface area contributed by atoms with Crippen LogP contribution in [0.2, 0.25) is 0 Å². The van der Waals surface area contributed by atoms with Crippen LogP contribution in [0.3, 0.4) is 0 Å². The van der Waals surface area contributed by atoms with E-state index in [4.69, 9.17) is 5.02 Å². The molecular weight excluding hydrogens is 127 g/mol. The molecule has 0 saturated heterocycles. The van der Waals surface area contributed by atoms with Crippen LogP contribution in [0, 0.1) is 0 Å². The monoisotopic (exact) mass is 133 g/mol. The lowest BCUT2D eigenvalue weighted by Crippen LogP contribution is -2.12. The summed E-state index contributed by atoms with van der Waals surface area (Å²) in [6, 6.07) is 6.64. The lowest BCUT2D eigenvalue weighted by molar-refractivity contribution is 0.112. The third-order valence-corrected chi connectivity index (χ3v) is 1.22. The minimum absolute atomic E-state index is 0.616. The van der Waals surface area contributed by atoms with Gasteiger partial charge in [-0.1, -0.05) is 29.7 Å². The molecule has 0 spiro atoms. The van der Waals surface area contributed by atoms with E-state index in [0.29, 0.717) is 11.0 Å². The number of rotatable bonds is 2. The Kier molecular flexibility index (Phi) is 2.23. The summed E-state index contributed by atoms with van der Waals surface area (Å²) in [6.45, 7) is 0. The van der Waals surface area contributed by atoms with E-state index >= 15 is 0 Å². The molecule has 0 bridgehead atoms. The third-order valence-electron chi connectivity index (χ3n) is 1.22. The maximum absolute atomic E-state index is 10.1. The van der Waals surface area contributed by atoms with E-state index in [1.807, 2.05) is 0 Å². The highest BCUT2D eigenvalue weighted by molar-refractivity contribution is 6.45. The number of carbonyl (C=O) groups excluding carboxylic acids is 1. The molecule has 3 heteroatoms. The maximum atomic E-state index is 10.1. The Bertz CT molecular complexity index is 218. The summed E-state index contributed by atoms with van der Waals surface area (Å²) in [7, 11) is 0.995. The van der Waals surface area contributed by atoms with Crippen LogP contribution < -0.4 is 5.46 Å². The minimum atomic E-state index is 0.616. The third kappa shape index (κ3) is 1.45. The molecule has 2 nitrogen and oxygen atoms in total. The Morgan fingerprint density at radius 2 is 1.90 bits per heavy atom. The van der Waals surface area contributed by atoms with Crippen LogP contribution in [-0.2, 0) is 0 Å². The second-order valence-electron chi connectivity index (χ2n) is 1.91. The molecule has 1 N–H and O–H groups in total. The summed E-state index contributed by atoms with van der Waals surface area (Å²) in [6.07, 6.45) is 0.765. The Morgan fingerprint density at radius 1 is 1.30 bits per heavy atom. The van der Waals surface area contributed by atoms with Crippen molar-refractivity contribution in [2.24, 2.45) is 0 Å². The van der Waals surface area contributed by atoms with Gasteiger partial charge in [0.25, 0.3) is 0 Å². The fraction of sp³-hybridized carbons (Fsp3) is 0. The molecule has 0 fully saturated rings. The maximum Gasteiger partial charge on any atom is 0.326 e. The van der Waals surface area contributed by atoms with Gasteiger partial charge in [0.1, 0.15) is 6.29 Å². The van der Waals surface area contributed by atoms with Crippen molar-refractivity contribution in [2.45, 2.75) is 0 Å². The van der Waals surface area contributed by atoms with Crippen LogP contribution in [-0.4, -0.2) is 18.8 Å². The molecule has 0 aliphatic carbocycles. The largest absolute Gasteiger partial charge is 0.450 e. The molecule has 0 unspecified atom stereocenters. The molecule has 1 aromatic rings. The highest BCUT2D eigenvalue weighted by atomic mass is 16.2. The molecule has 0 heterocycles. The molecule has 0 saturated carbocycles. The molecule has 0 aromatic heterocycles. The molecular formula is C7H6BO2. The second kappa shape index (κ2) is 3.18. The smallest absolute Gasteiger partial charge is 0.326 e. The molecule has 1 aromatic carbocycles. The van der Waals surface area contributed by atoms with Crippen LogP contribution in [0.5, 0.6) is 0 Å². The van der Waals surface area contributed by atoms with Gasteiger partial charge >= 0.3 is 7.48 Å². The lowest BCUT2D eigenvalue weighted by Gasteiger charge is -1.91. The lowest BCUT2D eigenvalue weighted by atomic mass is 9.88. The number of benzene rings is 1. The van der Waals surface area contributed by atoms with E-state index in [1.54, 1.807) is 24.3 Å². The van der Waals surface area contributed by atoms with Gasteiger partial charge in [-0.25, -0.2) is 0 Å². The minimum Gasteiger partial charge on any atom is -0.450 e. The van der Waals surface area contributed by atoms with Gasteiger partial charge in [-0.05, 0) is 0 Å². The topological polar surface area (TPSA) is 37.3 Å². The predicted molar refractivity (Wildman–Crippen MR) is 39.4 cm³/mol.